The highest BCUT2D eigenvalue weighted by molar-refractivity contribution is 5.80. The van der Waals surface area contributed by atoms with Gasteiger partial charge in [-0.15, -0.1) is 0 Å². The van der Waals surface area contributed by atoms with Crippen LogP contribution in [0.4, 0.5) is 0 Å². The molecule has 18 heavy (non-hydrogen) atoms. The number of methoxy groups -OCH3 is 1. The van der Waals surface area contributed by atoms with Gasteiger partial charge in [0.05, 0.1) is 13.2 Å². The molecule has 0 aromatic heterocycles. The molecule has 0 spiro atoms. The number of rotatable bonds is 8. The third kappa shape index (κ3) is 6.21. The first-order valence-electron chi connectivity index (χ1n) is 6.89. The van der Waals surface area contributed by atoms with Gasteiger partial charge in [-0.1, -0.05) is 6.92 Å². The molecule has 1 rings (SSSR count). The Kier molecular flexibility index (Phi) is 7.05. The van der Waals surface area contributed by atoms with Gasteiger partial charge in [0.15, 0.2) is 5.96 Å². The Labute approximate surface area is 111 Å². The van der Waals surface area contributed by atoms with Gasteiger partial charge in [0.1, 0.15) is 0 Å². The van der Waals surface area contributed by atoms with E-state index in [1.807, 2.05) is 0 Å². The largest absolute Gasteiger partial charge is 0.383 e. The van der Waals surface area contributed by atoms with Gasteiger partial charge in [-0.2, -0.15) is 0 Å². The highest BCUT2D eigenvalue weighted by Crippen LogP contribution is 2.28. The third-order valence-corrected chi connectivity index (χ3v) is 3.20. The molecule has 1 fully saturated rings. The van der Waals surface area contributed by atoms with Crippen molar-refractivity contribution in [2.24, 2.45) is 10.9 Å². The molecule has 2 unspecified atom stereocenters. The number of hydrogen-bond acceptors (Lipinski definition) is 3. The second kappa shape index (κ2) is 8.32. The second-order valence-electron chi connectivity index (χ2n) is 5.02. The average Bonchev–Trinajstić information content (AvgIpc) is 3.02. The quantitative estimate of drug-likeness (QED) is 0.491. The van der Waals surface area contributed by atoms with Gasteiger partial charge >= 0.3 is 0 Å². The smallest absolute Gasteiger partial charge is 0.191 e. The van der Waals surface area contributed by atoms with Crippen molar-refractivity contribution in [1.29, 1.82) is 0 Å². The summed E-state index contributed by atoms with van der Waals surface area (Å²) in [6.45, 7) is 8.77. The lowest BCUT2D eigenvalue weighted by molar-refractivity contribution is 0.163. The predicted octanol–water partition coefficient (Wildman–Crippen LogP) is 0.528. The van der Waals surface area contributed by atoms with E-state index in [1.165, 1.54) is 6.42 Å². The molecule has 0 saturated heterocycles. The molecule has 0 radical (unpaired) electrons. The van der Waals surface area contributed by atoms with Gasteiger partial charge in [0.25, 0.3) is 0 Å². The molecule has 1 saturated carbocycles. The first kappa shape index (κ1) is 15.2. The summed E-state index contributed by atoms with van der Waals surface area (Å²) >= 11 is 0. The van der Waals surface area contributed by atoms with Crippen LogP contribution in [0, 0.1) is 5.92 Å². The van der Waals surface area contributed by atoms with Crippen molar-refractivity contribution in [3.05, 3.63) is 0 Å². The van der Waals surface area contributed by atoms with Crippen LogP contribution >= 0.6 is 0 Å². The fraction of sp³-hybridized carbons (Fsp3) is 0.923. The van der Waals surface area contributed by atoms with Gasteiger partial charge < -0.3 is 20.3 Å². The number of nitrogens with zero attached hydrogens (tertiary/aromatic N) is 2. The normalized spacial score (nSPS) is 23.3. The van der Waals surface area contributed by atoms with E-state index in [9.17, 15) is 0 Å². The summed E-state index contributed by atoms with van der Waals surface area (Å²) in [5.41, 5.74) is 0. The zero-order chi connectivity index (χ0) is 13.4. The summed E-state index contributed by atoms with van der Waals surface area (Å²) in [7, 11) is 3.83. The van der Waals surface area contributed by atoms with Crippen LogP contribution in [-0.4, -0.2) is 63.8 Å². The van der Waals surface area contributed by atoms with Crippen LogP contribution in [-0.2, 0) is 4.74 Å². The molecule has 0 amide bonds. The Hall–Kier alpha value is -0.810. The molecule has 0 aliphatic heterocycles. The van der Waals surface area contributed by atoms with Crippen LogP contribution < -0.4 is 10.6 Å². The van der Waals surface area contributed by atoms with Crippen LogP contribution in [0.5, 0.6) is 0 Å². The van der Waals surface area contributed by atoms with E-state index in [2.05, 4.69) is 41.4 Å². The molecule has 106 valence electrons. The van der Waals surface area contributed by atoms with Crippen LogP contribution in [0.15, 0.2) is 4.99 Å². The molecular weight excluding hydrogens is 228 g/mol. The number of aliphatic imine (C=N–C) groups is 1. The van der Waals surface area contributed by atoms with Crippen molar-refractivity contribution in [1.82, 2.24) is 15.5 Å². The summed E-state index contributed by atoms with van der Waals surface area (Å²) in [6.07, 6.45) is 1.26. The Morgan fingerprint density at radius 2 is 2.17 bits per heavy atom. The maximum Gasteiger partial charge on any atom is 0.191 e. The Morgan fingerprint density at radius 1 is 1.44 bits per heavy atom. The monoisotopic (exact) mass is 256 g/mol. The molecule has 5 heteroatoms. The summed E-state index contributed by atoms with van der Waals surface area (Å²) < 4.78 is 5.05. The van der Waals surface area contributed by atoms with E-state index in [1.54, 1.807) is 7.11 Å². The van der Waals surface area contributed by atoms with E-state index in [4.69, 9.17) is 4.74 Å². The van der Waals surface area contributed by atoms with Crippen LogP contribution in [0.1, 0.15) is 20.3 Å². The van der Waals surface area contributed by atoms with Crippen LogP contribution in [0.25, 0.3) is 0 Å². The molecule has 5 nitrogen and oxygen atoms in total. The van der Waals surface area contributed by atoms with Crippen molar-refractivity contribution in [2.75, 3.05) is 46.9 Å². The van der Waals surface area contributed by atoms with Crippen molar-refractivity contribution in [3.63, 3.8) is 0 Å². The van der Waals surface area contributed by atoms with E-state index in [0.29, 0.717) is 6.04 Å². The standard InChI is InChI=1S/C13H28N4O/c1-5-14-13(16-12-10-11(12)2)15-6-7-17(3)8-9-18-4/h11-12H,5-10H2,1-4H3,(H2,14,15,16). The van der Waals surface area contributed by atoms with Gasteiger partial charge in [0, 0.05) is 32.8 Å². The van der Waals surface area contributed by atoms with Gasteiger partial charge in [-0.3, -0.25) is 4.99 Å². The van der Waals surface area contributed by atoms with E-state index >= 15 is 0 Å². The van der Waals surface area contributed by atoms with Gasteiger partial charge in [-0.05, 0) is 26.3 Å². The molecule has 0 bridgehead atoms. The second-order valence-corrected chi connectivity index (χ2v) is 5.02. The lowest BCUT2D eigenvalue weighted by Crippen LogP contribution is -2.39. The molecule has 2 atom stereocenters. The summed E-state index contributed by atoms with van der Waals surface area (Å²) in [5, 5.41) is 6.74. The minimum Gasteiger partial charge on any atom is -0.383 e. The first-order valence-corrected chi connectivity index (χ1v) is 6.89. The number of guanidine groups is 1. The fourth-order valence-corrected chi connectivity index (χ4v) is 1.71. The van der Waals surface area contributed by atoms with Gasteiger partial charge in [-0.25, -0.2) is 0 Å². The minimum absolute atomic E-state index is 0.619. The van der Waals surface area contributed by atoms with Crippen molar-refractivity contribution in [2.45, 2.75) is 26.3 Å². The Balaban J connectivity index is 2.22. The number of nitrogens with one attached hydrogen (secondary N) is 2. The van der Waals surface area contributed by atoms with Crippen molar-refractivity contribution < 1.29 is 4.74 Å². The zero-order valence-corrected chi connectivity index (χ0v) is 12.2. The summed E-state index contributed by atoms with van der Waals surface area (Å²) in [5.74, 6) is 1.74. The highest BCUT2D eigenvalue weighted by Gasteiger charge is 2.33. The molecule has 1 aliphatic rings. The SMILES string of the molecule is CCNC(=NCCN(C)CCOC)NC1CC1C. The highest BCUT2D eigenvalue weighted by atomic mass is 16.5. The molecule has 1 aliphatic carbocycles. The van der Waals surface area contributed by atoms with Crippen molar-refractivity contribution >= 4 is 5.96 Å². The number of ether oxygens (including phenoxy) is 1. The number of likely N-dealkylation sites (N-methyl/N-ethyl adjacent to an activating group) is 1. The molecular formula is C13H28N4O. The molecule has 0 aromatic carbocycles. The van der Waals surface area contributed by atoms with Crippen molar-refractivity contribution in [3.8, 4) is 0 Å². The molecule has 0 heterocycles. The average molecular weight is 256 g/mol. The Morgan fingerprint density at radius 3 is 2.72 bits per heavy atom. The lowest BCUT2D eigenvalue weighted by Gasteiger charge is -2.15. The Bertz CT molecular complexity index is 257. The van der Waals surface area contributed by atoms with E-state index in [-0.39, 0.29) is 0 Å². The summed E-state index contributed by atoms with van der Waals surface area (Å²) in [4.78, 5) is 6.82. The lowest BCUT2D eigenvalue weighted by atomic mass is 10.5. The molecule has 0 aromatic rings. The maximum atomic E-state index is 5.05. The van der Waals surface area contributed by atoms with Gasteiger partial charge in [0.2, 0.25) is 0 Å². The van der Waals surface area contributed by atoms with E-state index < -0.39 is 0 Å². The zero-order valence-electron chi connectivity index (χ0n) is 12.2. The molecule has 2 N–H and O–H groups in total. The minimum atomic E-state index is 0.619. The fourth-order valence-electron chi connectivity index (χ4n) is 1.71. The topological polar surface area (TPSA) is 48.9 Å². The van der Waals surface area contributed by atoms with E-state index in [0.717, 1.165) is 44.7 Å². The van der Waals surface area contributed by atoms with Crippen LogP contribution in [0.3, 0.4) is 0 Å². The third-order valence-electron chi connectivity index (χ3n) is 3.20. The first-order chi connectivity index (χ1) is 8.67. The summed E-state index contributed by atoms with van der Waals surface area (Å²) in [6, 6.07) is 0.619. The number of hydrogen-bond donors (Lipinski definition) is 2. The van der Waals surface area contributed by atoms with Crippen LogP contribution in [0.2, 0.25) is 0 Å². The maximum absolute atomic E-state index is 5.05. The predicted molar refractivity (Wildman–Crippen MR) is 76.1 cm³/mol.